The number of carbonyl (C=O) groups excluding carboxylic acids is 2. The summed E-state index contributed by atoms with van der Waals surface area (Å²) in [6, 6.07) is 11.4. The molecule has 5 rings (SSSR count). The van der Waals surface area contributed by atoms with E-state index < -0.39 is 6.04 Å². The van der Waals surface area contributed by atoms with Gasteiger partial charge in [0.25, 0.3) is 0 Å². The summed E-state index contributed by atoms with van der Waals surface area (Å²) in [5.41, 5.74) is 1.87. The van der Waals surface area contributed by atoms with Crippen LogP contribution in [-0.2, 0) is 4.79 Å². The minimum Gasteiger partial charge on any atom is -0.456 e. The number of nitrogens with zero attached hydrogens (tertiary/aromatic N) is 3. The standard InChI is InChI=1S/C29H30BrClN4O3/c1-29(2)14-21-26(24(36)15-29)27(35(28(37)34(3)4)23-11-12-32-16-22(23)33-21)18-10-9-17(13-20(18)31)38-25-8-6-5-7-19(25)30/h5-13,16,22-23,27,33H,14-15H2,1-4H3/t22?,23?,27-/m1/s1. The first-order chi connectivity index (χ1) is 18.1. The number of carbonyl (C=O) groups is 2. The molecule has 2 unspecified atom stereocenters. The lowest BCUT2D eigenvalue weighted by Gasteiger charge is -2.41. The second-order valence-corrected chi connectivity index (χ2v) is 12.1. The highest BCUT2D eigenvalue weighted by molar-refractivity contribution is 9.10. The maximum atomic E-state index is 13.8. The molecule has 2 aromatic rings. The summed E-state index contributed by atoms with van der Waals surface area (Å²) in [4.78, 5) is 35.2. The molecule has 198 valence electrons. The summed E-state index contributed by atoms with van der Waals surface area (Å²) in [6.45, 7) is 4.18. The first-order valence-corrected chi connectivity index (χ1v) is 13.7. The lowest BCUT2D eigenvalue weighted by atomic mass is 9.73. The van der Waals surface area contributed by atoms with Gasteiger partial charge >= 0.3 is 6.03 Å². The van der Waals surface area contributed by atoms with Crippen LogP contribution < -0.4 is 10.1 Å². The van der Waals surface area contributed by atoms with Gasteiger partial charge in [-0.3, -0.25) is 9.79 Å². The molecular weight excluding hydrogens is 568 g/mol. The quantitative estimate of drug-likeness (QED) is 0.438. The Labute approximate surface area is 236 Å². The van der Waals surface area contributed by atoms with Gasteiger partial charge in [-0.1, -0.05) is 43.6 Å². The van der Waals surface area contributed by atoms with Gasteiger partial charge in [-0.05, 0) is 63.7 Å². The Morgan fingerprint density at radius 3 is 2.68 bits per heavy atom. The minimum absolute atomic E-state index is 0.00878. The molecule has 0 saturated carbocycles. The zero-order valence-corrected chi connectivity index (χ0v) is 24.1. The van der Waals surface area contributed by atoms with Gasteiger partial charge < -0.3 is 19.9 Å². The molecule has 0 bridgehead atoms. The number of fused-ring (bicyclic) bond motifs is 1. The molecule has 1 aliphatic carbocycles. The second-order valence-electron chi connectivity index (χ2n) is 10.8. The molecule has 0 saturated heterocycles. The van der Waals surface area contributed by atoms with Crippen molar-refractivity contribution in [3.05, 3.63) is 81.1 Å². The fourth-order valence-corrected chi connectivity index (χ4v) is 6.03. The third-order valence-electron chi connectivity index (χ3n) is 7.05. The minimum atomic E-state index is -0.688. The number of rotatable bonds is 3. The summed E-state index contributed by atoms with van der Waals surface area (Å²) >= 11 is 10.4. The molecule has 0 fully saturated rings. The Morgan fingerprint density at radius 1 is 1.21 bits per heavy atom. The van der Waals surface area contributed by atoms with Crippen molar-refractivity contribution in [3.63, 3.8) is 0 Å². The Kier molecular flexibility index (Phi) is 7.13. The highest BCUT2D eigenvalue weighted by atomic mass is 79.9. The number of urea groups is 1. The number of ether oxygens (including phenoxy) is 1. The molecule has 7 nitrogen and oxygen atoms in total. The van der Waals surface area contributed by atoms with Crippen LogP contribution in [0.25, 0.3) is 0 Å². The summed E-state index contributed by atoms with van der Waals surface area (Å²) < 4.78 is 6.89. The molecule has 2 aliphatic heterocycles. The van der Waals surface area contributed by atoms with Crippen molar-refractivity contribution in [2.45, 2.75) is 44.8 Å². The predicted octanol–water partition coefficient (Wildman–Crippen LogP) is 6.50. The Hall–Kier alpha value is -3.10. The van der Waals surface area contributed by atoms with Crippen LogP contribution in [0, 0.1) is 5.41 Å². The van der Waals surface area contributed by atoms with Gasteiger partial charge in [-0.2, -0.15) is 0 Å². The van der Waals surface area contributed by atoms with Gasteiger partial charge in [-0.15, -0.1) is 0 Å². The van der Waals surface area contributed by atoms with E-state index in [9.17, 15) is 9.59 Å². The van der Waals surface area contributed by atoms with Gasteiger partial charge in [-0.25, -0.2) is 4.79 Å². The van der Waals surface area contributed by atoms with Crippen LogP contribution in [0.5, 0.6) is 11.5 Å². The molecule has 3 aliphatic rings. The average molecular weight is 598 g/mol. The molecule has 3 atom stereocenters. The van der Waals surface area contributed by atoms with Gasteiger partial charge in [0.15, 0.2) is 5.78 Å². The van der Waals surface area contributed by atoms with Crippen LogP contribution in [0.4, 0.5) is 4.79 Å². The molecule has 1 N–H and O–H groups in total. The first kappa shape index (κ1) is 26.5. The van der Waals surface area contributed by atoms with Crippen LogP contribution in [0.1, 0.15) is 38.3 Å². The number of ketones is 1. The lowest BCUT2D eigenvalue weighted by molar-refractivity contribution is -0.118. The Balaban J connectivity index is 1.66. The fraction of sp³-hybridized carbons (Fsp3) is 0.345. The van der Waals surface area contributed by atoms with Crippen LogP contribution in [0.2, 0.25) is 5.02 Å². The van der Waals surface area contributed by atoms with Crippen LogP contribution >= 0.6 is 27.5 Å². The normalized spacial score (nSPS) is 23.8. The van der Waals surface area contributed by atoms with Gasteiger partial charge in [0.2, 0.25) is 0 Å². The van der Waals surface area contributed by atoms with E-state index in [1.807, 2.05) is 42.5 Å². The summed E-state index contributed by atoms with van der Waals surface area (Å²) in [5, 5.41) is 3.98. The largest absolute Gasteiger partial charge is 0.456 e. The first-order valence-electron chi connectivity index (χ1n) is 12.5. The highest BCUT2D eigenvalue weighted by Crippen LogP contribution is 2.47. The van der Waals surface area contributed by atoms with Crippen LogP contribution in [-0.4, -0.2) is 54.0 Å². The highest BCUT2D eigenvalue weighted by Gasteiger charge is 2.47. The van der Waals surface area contributed by atoms with Crippen molar-refractivity contribution in [2.75, 3.05) is 14.1 Å². The van der Waals surface area contributed by atoms with E-state index >= 15 is 0 Å². The van der Waals surface area contributed by atoms with E-state index in [4.69, 9.17) is 16.3 Å². The van der Waals surface area contributed by atoms with E-state index in [1.165, 1.54) is 4.90 Å². The summed E-state index contributed by atoms with van der Waals surface area (Å²) in [6.07, 6.45) is 6.46. The number of hydrogen-bond acceptors (Lipinski definition) is 5. The molecular formula is C29H30BrClN4O3. The molecule has 2 heterocycles. The molecule has 38 heavy (non-hydrogen) atoms. The van der Waals surface area contributed by atoms with Crippen molar-refractivity contribution in [1.82, 2.24) is 15.1 Å². The van der Waals surface area contributed by atoms with Gasteiger partial charge in [0.05, 0.1) is 22.6 Å². The fourth-order valence-electron chi connectivity index (χ4n) is 5.39. The number of allylic oxidation sites excluding steroid dienone is 1. The molecule has 2 amide bonds. The van der Waals surface area contributed by atoms with Crippen molar-refractivity contribution in [3.8, 4) is 11.5 Å². The third-order valence-corrected chi connectivity index (χ3v) is 8.03. The zero-order valence-electron chi connectivity index (χ0n) is 21.7. The maximum absolute atomic E-state index is 13.8. The maximum Gasteiger partial charge on any atom is 0.320 e. The molecule has 0 aromatic heterocycles. The molecule has 0 radical (unpaired) electrons. The van der Waals surface area contributed by atoms with E-state index in [0.717, 1.165) is 10.2 Å². The lowest BCUT2D eigenvalue weighted by Crippen LogP contribution is -2.54. The molecule has 9 heteroatoms. The van der Waals surface area contributed by atoms with Crippen LogP contribution in [0.3, 0.4) is 0 Å². The number of aliphatic imine (C=N–C) groups is 1. The predicted molar refractivity (Wildman–Crippen MR) is 153 cm³/mol. The number of benzene rings is 2. The summed E-state index contributed by atoms with van der Waals surface area (Å²) in [5.74, 6) is 1.22. The Bertz CT molecular complexity index is 1380. The SMILES string of the molecule is CN(C)C(=O)N1C2C=CN=CC2NC2=C(C(=O)CC(C)(C)C2)[C@H]1c1ccc(Oc2ccccc2Br)cc1Cl. The molecule has 2 aromatic carbocycles. The topological polar surface area (TPSA) is 74.2 Å². The van der Waals surface area contributed by atoms with Crippen molar-refractivity contribution in [2.24, 2.45) is 10.4 Å². The second kappa shape index (κ2) is 10.2. The smallest absolute Gasteiger partial charge is 0.320 e. The summed E-state index contributed by atoms with van der Waals surface area (Å²) in [7, 11) is 3.43. The Morgan fingerprint density at radius 2 is 1.97 bits per heavy atom. The zero-order chi connectivity index (χ0) is 27.2. The monoisotopic (exact) mass is 596 g/mol. The molecule has 0 spiro atoms. The van der Waals surface area contributed by atoms with E-state index in [1.54, 1.807) is 37.5 Å². The third kappa shape index (κ3) is 4.99. The van der Waals surface area contributed by atoms with Gasteiger partial charge in [0, 0.05) is 49.2 Å². The van der Waals surface area contributed by atoms with Crippen molar-refractivity contribution < 1.29 is 14.3 Å². The van der Waals surface area contributed by atoms with Crippen molar-refractivity contribution in [1.29, 1.82) is 0 Å². The number of para-hydroxylation sites is 1. The van der Waals surface area contributed by atoms with E-state index in [2.05, 4.69) is 40.1 Å². The number of nitrogens with one attached hydrogen (secondary N) is 1. The van der Waals surface area contributed by atoms with E-state index in [0.29, 0.717) is 40.5 Å². The van der Waals surface area contributed by atoms with Crippen molar-refractivity contribution >= 4 is 45.6 Å². The van der Waals surface area contributed by atoms with Crippen LogP contribution in [0.15, 0.2) is 75.5 Å². The van der Waals surface area contributed by atoms with E-state index in [-0.39, 0.29) is 29.3 Å². The number of Topliss-reactive ketones (excluding diaryl/α,β-unsaturated/α-hetero) is 1. The number of amides is 2. The number of halogens is 2. The number of hydrogen-bond donors (Lipinski definition) is 1. The average Bonchev–Trinajstić information content (AvgIpc) is 2.98. The van der Waals surface area contributed by atoms with Gasteiger partial charge in [0.1, 0.15) is 11.5 Å².